The highest BCUT2D eigenvalue weighted by Gasteiger charge is 2.30. The Hall–Kier alpha value is -5.01. The van der Waals surface area contributed by atoms with Crippen molar-refractivity contribution in [1.29, 1.82) is 0 Å². The molecule has 2 fully saturated rings. The lowest BCUT2D eigenvalue weighted by atomic mass is 9.87. The Morgan fingerprint density at radius 3 is 2.52 bits per heavy atom. The van der Waals surface area contributed by atoms with Crippen LogP contribution in [0.25, 0.3) is 5.65 Å². The molecule has 13 heteroatoms. The van der Waals surface area contributed by atoms with Crippen molar-refractivity contribution in [2.24, 2.45) is 0 Å². The molecule has 1 unspecified atom stereocenters. The Labute approximate surface area is 292 Å². The Morgan fingerprint density at radius 1 is 1.06 bits per heavy atom. The van der Waals surface area contributed by atoms with Crippen LogP contribution in [0.3, 0.4) is 0 Å². The van der Waals surface area contributed by atoms with Gasteiger partial charge in [0.05, 0.1) is 24.8 Å². The van der Waals surface area contributed by atoms with Crippen molar-refractivity contribution < 1.29 is 19.5 Å². The topological polar surface area (TPSA) is 156 Å². The Balaban J connectivity index is 1.02. The number of aliphatic hydroxyl groups excluding tert-OH is 1. The number of rotatable bonds is 12. The second-order valence-electron chi connectivity index (χ2n) is 13.4. The monoisotopic (exact) mass is 681 g/mol. The highest BCUT2D eigenvalue weighted by atomic mass is 16.3. The molecule has 4 amide bonds. The minimum atomic E-state index is -0.319. The molecule has 13 nitrogen and oxygen atoms in total. The number of imide groups is 1. The molecule has 0 spiro atoms. The van der Waals surface area contributed by atoms with Crippen molar-refractivity contribution in [3.8, 4) is 0 Å². The van der Waals surface area contributed by atoms with Gasteiger partial charge in [0.15, 0.2) is 5.65 Å². The quantitative estimate of drug-likeness (QED) is 0.136. The van der Waals surface area contributed by atoms with Gasteiger partial charge in [-0.3, -0.25) is 19.8 Å². The van der Waals surface area contributed by atoms with Gasteiger partial charge in [0.25, 0.3) is 0 Å². The molecule has 2 saturated heterocycles. The molecule has 4 heterocycles. The molecule has 0 radical (unpaired) electrons. The fourth-order valence-electron chi connectivity index (χ4n) is 6.53. The minimum Gasteiger partial charge on any atom is -0.394 e. The zero-order valence-electron chi connectivity index (χ0n) is 29.0. The van der Waals surface area contributed by atoms with Crippen LogP contribution in [-0.2, 0) is 22.7 Å². The highest BCUT2D eigenvalue weighted by Crippen LogP contribution is 2.29. The number of benzene rings is 2. The summed E-state index contributed by atoms with van der Waals surface area (Å²) < 4.78 is 1.81. The minimum absolute atomic E-state index is 0.0186. The van der Waals surface area contributed by atoms with Gasteiger partial charge in [0.1, 0.15) is 11.6 Å². The predicted octanol–water partition coefficient (Wildman–Crippen LogP) is 4.52. The molecule has 5 N–H and O–H groups in total. The summed E-state index contributed by atoms with van der Waals surface area (Å²) in [5.41, 5.74) is 5.63. The average molecular weight is 682 g/mol. The van der Waals surface area contributed by atoms with E-state index in [1.165, 1.54) is 0 Å². The van der Waals surface area contributed by atoms with E-state index in [1.807, 2.05) is 77.1 Å². The number of urea groups is 1. The summed E-state index contributed by atoms with van der Waals surface area (Å²) in [5.74, 6) is 0.962. The number of piperazine rings is 1. The maximum atomic E-state index is 13.2. The van der Waals surface area contributed by atoms with E-state index in [1.54, 1.807) is 0 Å². The number of aromatic nitrogens is 3. The van der Waals surface area contributed by atoms with Gasteiger partial charge in [-0.15, -0.1) is 0 Å². The van der Waals surface area contributed by atoms with Crippen molar-refractivity contribution in [3.63, 3.8) is 0 Å². The number of piperidine rings is 1. The Bertz CT molecular complexity index is 1810. The molecule has 2 aromatic carbocycles. The molecule has 2 atom stereocenters. The lowest BCUT2D eigenvalue weighted by molar-refractivity contribution is -0.134. The standard InChI is InChI=1S/C37H47N9O4/c1-4-27(23-47)40-32-19-33(46-35(42-32)31(21-39-46)24(2)3)38-20-25-9-11-28(12-10-25)41-37(50)45-17-15-44(16-18-45)22-26-7-5-6-8-29(26)30-13-14-34(48)43-36(30)49/h5-12,19,21,24,27,30,38,47H,4,13-18,20,22-23H2,1-3H3,(H,40,42)(H,41,50)(H,43,48,49)/t27-,30?/m0/s1. The van der Waals surface area contributed by atoms with Crippen LogP contribution in [0.15, 0.2) is 60.8 Å². The number of hydrogen-bond donors (Lipinski definition) is 5. The summed E-state index contributed by atoms with van der Waals surface area (Å²) in [7, 11) is 0. The third-order valence-electron chi connectivity index (χ3n) is 9.59. The summed E-state index contributed by atoms with van der Waals surface area (Å²) >= 11 is 0. The average Bonchev–Trinajstić information content (AvgIpc) is 3.55. The lowest BCUT2D eigenvalue weighted by Crippen LogP contribution is -2.49. The maximum absolute atomic E-state index is 13.2. The highest BCUT2D eigenvalue weighted by molar-refractivity contribution is 6.01. The van der Waals surface area contributed by atoms with E-state index in [0.717, 1.165) is 58.9 Å². The molecule has 50 heavy (non-hydrogen) atoms. The van der Waals surface area contributed by atoms with Crippen LogP contribution in [0.2, 0.25) is 0 Å². The predicted molar refractivity (Wildman–Crippen MR) is 193 cm³/mol. The maximum Gasteiger partial charge on any atom is 0.321 e. The summed E-state index contributed by atoms with van der Waals surface area (Å²) in [4.78, 5) is 46.3. The first-order chi connectivity index (χ1) is 24.2. The van der Waals surface area contributed by atoms with E-state index < -0.39 is 0 Å². The van der Waals surface area contributed by atoms with Crippen LogP contribution >= 0.6 is 0 Å². The van der Waals surface area contributed by atoms with Crippen LogP contribution in [0, 0.1) is 0 Å². The van der Waals surface area contributed by atoms with Gasteiger partial charge in [-0.1, -0.05) is 57.2 Å². The lowest BCUT2D eigenvalue weighted by Gasteiger charge is -2.35. The third kappa shape index (κ3) is 8.06. The molecule has 2 aliphatic rings. The normalized spacial score (nSPS) is 17.5. The zero-order valence-corrected chi connectivity index (χ0v) is 29.0. The van der Waals surface area contributed by atoms with E-state index in [2.05, 4.69) is 45.1 Å². The van der Waals surface area contributed by atoms with E-state index in [4.69, 9.17) is 4.98 Å². The molecule has 0 saturated carbocycles. The number of fused-ring (bicyclic) bond motifs is 1. The number of hydrogen-bond acceptors (Lipinski definition) is 9. The Kier molecular flexibility index (Phi) is 10.9. The third-order valence-corrected chi connectivity index (χ3v) is 9.59. The number of anilines is 3. The van der Waals surface area contributed by atoms with Gasteiger partial charge < -0.3 is 26.0 Å². The van der Waals surface area contributed by atoms with Crippen LogP contribution < -0.4 is 21.3 Å². The van der Waals surface area contributed by atoms with Gasteiger partial charge in [-0.05, 0) is 47.6 Å². The molecular weight excluding hydrogens is 634 g/mol. The second kappa shape index (κ2) is 15.7. The number of aliphatic hydroxyl groups is 1. The van der Waals surface area contributed by atoms with Crippen molar-refractivity contribution in [1.82, 2.24) is 29.7 Å². The zero-order chi connectivity index (χ0) is 35.2. The van der Waals surface area contributed by atoms with E-state index in [-0.39, 0.29) is 42.3 Å². The molecular formula is C37H47N9O4. The van der Waals surface area contributed by atoms with Crippen molar-refractivity contribution in [2.75, 3.05) is 48.7 Å². The second-order valence-corrected chi connectivity index (χ2v) is 13.4. The van der Waals surface area contributed by atoms with Gasteiger partial charge in [-0.2, -0.15) is 9.61 Å². The van der Waals surface area contributed by atoms with E-state index in [9.17, 15) is 19.5 Å². The molecule has 2 aliphatic heterocycles. The number of carbonyl (C=O) groups excluding carboxylic acids is 3. The molecule has 0 aliphatic carbocycles. The van der Waals surface area contributed by atoms with Gasteiger partial charge in [0.2, 0.25) is 11.8 Å². The van der Waals surface area contributed by atoms with Gasteiger partial charge in [-0.25, -0.2) is 9.78 Å². The summed E-state index contributed by atoms with van der Waals surface area (Å²) in [5, 5.41) is 26.7. The van der Waals surface area contributed by atoms with Crippen LogP contribution in [0.1, 0.15) is 74.1 Å². The SMILES string of the molecule is CC[C@@H](CO)Nc1cc(NCc2ccc(NC(=O)N3CCN(Cc4ccccc4C4CCC(=O)NC4=O)CC3)cc2)n2ncc(C(C)C)c2n1. The number of nitrogens with zero attached hydrogens (tertiary/aromatic N) is 5. The number of amides is 4. The number of carbonyl (C=O) groups is 3. The fraction of sp³-hybridized carbons (Fsp3) is 0.432. The first-order valence-electron chi connectivity index (χ1n) is 17.5. The van der Waals surface area contributed by atoms with Crippen molar-refractivity contribution in [2.45, 2.75) is 71.0 Å². The van der Waals surface area contributed by atoms with Crippen LogP contribution in [0.4, 0.5) is 22.1 Å². The van der Waals surface area contributed by atoms with Gasteiger partial charge >= 0.3 is 6.03 Å². The molecule has 264 valence electrons. The summed E-state index contributed by atoms with van der Waals surface area (Å²) in [6.45, 7) is 10.1. The summed E-state index contributed by atoms with van der Waals surface area (Å²) in [6.07, 6.45) is 3.50. The molecule has 6 rings (SSSR count). The fourth-order valence-corrected chi connectivity index (χ4v) is 6.53. The van der Waals surface area contributed by atoms with Crippen LogP contribution in [-0.4, -0.2) is 86.2 Å². The Morgan fingerprint density at radius 2 is 1.82 bits per heavy atom. The smallest absolute Gasteiger partial charge is 0.321 e. The van der Waals surface area contributed by atoms with E-state index >= 15 is 0 Å². The number of nitrogens with one attached hydrogen (secondary N) is 4. The van der Waals surface area contributed by atoms with Gasteiger partial charge in [0, 0.05) is 63.0 Å². The summed E-state index contributed by atoms with van der Waals surface area (Å²) in [6, 6.07) is 17.4. The van der Waals surface area contributed by atoms with Crippen molar-refractivity contribution in [3.05, 3.63) is 83.0 Å². The first kappa shape index (κ1) is 34.8. The van der Waals surface area contributed by atoms with Crippen molar-refractivity contribution >= 4 is 40.8 Å². The largest absolute Gasteiger partial charge is 0.394 e. The molecule has 2 aromatic heterocycles. The molecule has 4 aromatic rings. The first-order valence-corrected chi connectivity index (χ1v) is 17.5. The molecule has 0 bridgehead atoms. The van der Waals surface area contributed by atoms with Crippen LogP contribution in [0.5, 0.6) is 0 Å². The van der Waals surface area contributed by atoms with E-state index in [0.29, 0.717) is 44.8 Å².